The first-order chi connectivity index (χ1) is 8.27. The predicted molar refractivity (Wildman–Crippen MR) is 76.5 cm³/mol. The van der Waals surface area contributed by atoms with Gasteiger partial charge in [-0.25, -0.2) is 0 Å². The van der Waals surface area contributed by atoms with E-state index in [1.165, 1.54) is 24.8 Å². The summed E-state index contributed by atoms with van der Waals surface area (Å²) in [6.45, 7) is 3.88. The fourth-order valence-electron chi connectivity index (χ4n) is 1.73. The van der Waals surface area contributed by atoms with E-state index in [0.29, 0.717) is 0 Å². The van der Waals surface area contributed by atoms with Gasteiger partial charge in [0.15, 0.2) is 0 Å². The number of ether oxygens (including phenoxy) is 1. The van der Waals surface area contributed by atoms with Gasteiger partial charge in [0.05, 0.1) is 6.61 Å². The highest BCUT2D eigenvalue weighted by atomic mass is 79.9. The molecule has 0 aromatic heterocycles. The molecule has 0 bridgehead atoms. The minimum absolute atomic E-state index is 0.818. The van der Waals surface area contributed by atoms with Crippen LogP contribution in [0.1, 0.15) is 38.2 Å². The maximum atomic E-state index is 5.83. The third-order valence-electron chi connectivity index (χ3n) is 2.65. The van der Waals surface area contributed by atoms with Gasteiger partial charge in [0.2, 0.25) is 0 Å². The Labute approximate surface area is 113 Å². The Bertz CT molecular complexity index is 328. The van der Waals surface area contributed by atoms with Gasteiger partial charge >= 0.3 is 0 Å². The molecule has 0 heterocycles. The molecule has 96 valence electrons. The second-order valence-electron chi connectivity index (χ2n) is 4.19. The van der Waals surface area contributed by atoms with Crippen LogP contribution >= 0.6 is 15.9 Å². The van der Waals surface area contributed by atoms with E-state index in [4.69, 9.17) is 4.74 Å². The molecule has 1 rings (SSSR count). The molecule has 1 aromatic rings. The summed E-state index contributed by atoms with van der Waals surface area (Å²) >= 11 is 3.49. The van der Waals surface area contributed by atoms with Crippen LogP contribution in [0.3, 0.4) is 0 Å². The zero-order valence-electron chi connectivity index (χ0n) is 10.8. The molecule has 0 aliphatic rings. The number of halogens is 1. The number of unbranched alkanes of at least 4 members (excludes halogenated alkanes) is 3. The molecule has 0 unspecified atom stereocenters. The summed E-state index contributed by atoms with van der Waals surface area (Å²) in [5.74, 6) is 0.999. The SMILES string of the molecule is CCCCCCOc1ccc(Br)cc1CNC. The van der Waals surface area contributed by atoms with Crippen molar-refractivity contribution in [3.8, 4) is 5.75 Å². The van der Waals surface area contributed by atoms with Crippen LogP contribution in [0.2, 0.25) is 0 Å². The molecule has 3 heteroatoms. The Kier molecular flexibility index (Phi) is 7.29. The Morgan fingerprint density at radius 1 is 1.24 bits per heavy atom. The van der Waals surface area contributed by atoms with Gasteiger partial charge in [-0.1, -0.05) is 42.1 Å². The molecule has 0 radical (unpaired) electrons. The lowest BCUT2D eigenvalue weighted by molar-refractivity contribution is 0.301. The monoisotopic (exact) mass is 299 g/mol. The van der Waals surface area contributed by atoms with Gasteiger partial charge in [0.1, 0.15) is 5.75 Å². The smallest absolute Gasteiger partial charge is 0.123 e. The summed E-state index contributed by atoms with van der Waals surface area (Å²) in [5, 5.41) is 3.16. The van der Waals surface area contributed by atoms with Gasteiger partial charge in [-0.05, 0) is 31.7 Å². The highest BCUT2D eigenvalue weighted by Gasteiger charge is 2.03. The lowest BCUT2D eigenvalue weighted by atomic mass is 10.2. The second kappa shape index (κ2) is 8.54. The molecule has 0 spiro atoms. The van der Waals surface area contributed by atoms with Crippen LogP contribution in [-0.2, 0) is 6.54 Å². The van der Waals surface area contributed by atoms with Gasteiger partial charge in [-0.2, -0.15) is 0 Å². The topological polar surface area (TPSA) is 21.3 Å². The number of rotatable bonds is 8. The van der Waals surface area contributed by atoms with Crippen molar-refractivity contribution in [3.05, 3.63) is 28.2 Å². The van der Waals surface area contributed by atoms with Crippen LogP contribution in [-0.4, -0.2) is 13.7 Å². The van der Waals surface area contributed by atoms with Crippen LogP contribution in [0.25, 0.3) is 0 Å². The third kappa shape index (κ3) is 5.55. The van der Waals surface area contributed by atoms with Crippen molar-refractivity contribution < 1.29 is 4.74 Å². The molecular formula is C14H22BrNO. The Morgan fingerprint density at radius 2 is 2.06 bits per heavy atom. The highest BCUT2D eigenvalue weighted by Crippen LogP contribution is 2.23. The molecule has 0 aliphatic heterocycles. The minimum Gasteiger partial charge on any atom is -0.493 e. The zero-order valence-corrected chi connectivity index (χ0v) is 12.3. The summed E-state index contributed by atoms with van der Waals surface area (Å²) in [7, 11) is 1.95. The van der Waals surface area contributed by atoms with Gasteiger partial charge in [-0.3, -0.25) is 0 Å². The summed E-state index contributed by atoms with van der Waals surface area (Å²) < 4.78 is 6.93. The molecule has 1 aromatic carbocycles. The number of nitrogens with one attached hydrogen (secondary N) is 1. The lowest BCUT2D eigenvalue weighted by Crippen LogP contribution is -2.08. The highest BCUT2D eigenvalue weighted by molar-refractivity contribution is 9.10. The van der Waals surface area contributed by atoms with Gasteiger partial charge < -0.3 is 10.1 Å². The maximum Gasteiger partial charge on any atom is 0.123 e. The first-order valence-corrected chi connectivity index (χ1v) is 7.13. The van der Waals surface area contributed by atoms with Crippen molar-refractivity contribution in [1.82, 2.24) is 5.32 Å². The fraction of sp³-hybridized carbons (Fsp3) is 0.571. The van der Waals surface area contributed by atoms with Crippen LogP contribution in [0.4, 0.5) is 0 Å². The average molecular weight is 300 g/mol. The Morgan fingerprint density at radius 3 is 2.76 bits per heavy atom. The van der Waals surface area contributed by atoms with Crippen LogP contribution in [0.5, 0.6) is 5.75 Å². The molecule has 0 aliphatic carbocycles. The summed E-state index contributed by atoms with van der Waals surface area (Å²) in [5.41, 5.74) is 1.21. The summed E-state index contributed by atoms with van der Waals surface area (Å²) in [6.07, 6.45) is 4.97. The molecule has 17 heavy (non-hydrogen) atoms. The van der Waals surface area contributed by atoms with E-state index >= 15 is 0 Å². The van der Waals surface area contributed by atoms with Crippen molar-refractivity contribution in [2.24, 2.45) is 0 Å². The Hall–Kier alpha value is -0.540. The second-order valence-corrected chi connectivity index (χ2v) is 5.11. The number of hydrogen-bond donors (Lipinski definition) is 1. The van der Waals surface area contributed by atoms with E-state index in [1.54, 1.807) is 0 Å². The normalized spacial score (nSPS) is 10.5. The van der Waals surface area contributed by atoms with Crippen molar-refractivity contribution in [2.75, 3.05) is 13.7 Å². The minimum atomic E-state index is 0.818. The van der Waals surface area contributed by atoms with Gasteiger partial charge in [0.25, 0.3) is 0 Å². The standard InChI is InChI=1S/C14H22BrNO/c1-3-4-5-6-9-17-14-8-7-13(15)10-12(14)11-16-2/h7-8,10,16H,3-6,9,11H2,1-2H3. The summed E-state index contributed by atoms with van der Waals surface area (Å²) in [6, 6.07) is 6.18. The zero-order chi connectivity index (χ0) is 12.5. The first-order valence-electron chi connectivity index (χ1n) is 6.33. The third-order valence-corrected chi connectivity index (χ3v) is 3.14. The van der Waals surface area contributed by atoms with Crippen LogP contribution in [0, 0.1) is 0 Å². The quantitative estimate of drug-likeness (QED) is 0.729. The van der Waals surface area contributed by atoms with Gasteiger partial charge in [-0.15, -0.1) is 0 Å². The Balaban J connectivity index is 2.45. The van der Waals surface area contributed by atoms with E-state index in [2.05, 4.69) is 34.2 Å². The van der Waals surface area contributed by atoms with E-state index < -0.39 is 0 Å². The van der Waals surface area contributed by atoms with Crippen molar-refractivity contribution in [3.63, 3.8) is 0 Å². The first kappa shape index (κ1) is 14.5. The maximum absolute atomic E-state index is 5.83. The van der Waals surface area contributed by atoms with Gasteiger partial charge in [0, 0.05) is 16.6 Å². The van der Waals surface area contributed by atoms with Crippen LogP contribution < -0.4 is 10.1 Å². The molecule has 0 atom stereocenters. The van der Waals surface area contributed by atoms with E-state index in [1.807, 2.05) is 19.2 Å². The average Bonchev–Trinajstić information content (AvgIpc) is 2.32. The fourth-order valence-corrected chi connectivity index (χ4v) is 2.14. The van der Waals surface area contributed by atoms with E-state index in [0.717, 1.165) is 29.8 Å². The molecule has 2 nitrogen and oxygen atoms in total. The molecular weight excluding hydrogens is 278 g/mol. The van der Waals surface area contributed by atoms with Crippen molar-refractivity contribution in [1.29, 1.82) is 0 Å². The van der Waals surface area contributed by atoms with E-state index in [9.17, 15) is 0 Å². The van der Waals surface area contributed by atoms with Crippen molar-refractivity contribution in [2.45, 2.75) is 39.2 Å². The summed E-state index contributed by atoms with van der Waals surface area (Å²) in [4.78, 5) is 0. The molecule has 0 amide bonds. The van der Waals surface area contributed by atoms with Crippen LogP contribution in [0.15, 0.2) is 22.7 Å². The molecule has 0 saturated heterocycles. The number of benzene rings is 1. The molecule has 1 N–H and O–H groups in total. The molecule has 0 saturated carbocycles. The predicted octanol–water partition coefficient (Wildman–Crippen LogP) is 4.13. The van der Waals surface area contributed by atoms with E-state index in [-0.39, 0.29) is 0 Å². The lowest BCUT2D eigenvalue weighted by Gasteiger charge is -2.11. The molecule has 0 fully saturated rings. The van der Waals surface area contributed by atoms with Crippen molar-refractivity contribution >= 4 is 15.9 Å². The number of hydrogen-bond acceptors (Lipinski definition) is 2. The largest absolute Gasteiger partial charge is 0.493 e.